The Labute approximate surface area is 168 Å². The van der Waals surface area contributed by atoms with Crippen LogP contribution in [0.5, 0.6) is 0 Å². The lowest BCUT2D eigenvalue weighted by Crippen LogP contribution is -2.27. The molecule has 4 rings (SSSR count). The number of carbonyl (C=O) groups is 1. The second-order valence-electron chi connectivity index (χ2n) is 7.94. The number of unbranched alkanes of at least 4 members (excludes halogenated alkanes) is 6. The highest BCUT2D eigenvalue weighted by atomic mass is 16.1. The summed E-state index contributed by atoms with van der Waals surface area (Å²) in [4.78, 5) is 15.6. The number of fused-ring (bicyclic) bond motifs is 4. The highest BCUT2D eigenvalue weighted by Gasteiger charge is 2.36. The van der Waals surface area contributed by atoms with Crippen LogP contribution in [0.1, 0.15) is 72.0 Å². The molecule has 1 aliphatic carbocycles. The van der Waals surface area contributed by atoms with Crippen LogP contribution in [0, 0.1) is 0 Å². The first-order chi connectivity index (χ1) is 13.8. The van der Waals surface area contributed by atoms with E-state index in [1.807, 2.05) is 24.3 Å². The molecule has 2 N–H and O–H groups in total. The van der Waals surface area contributed by atoms with Crippen molar-refractivity contribution in [1.29, 1.82) is 0 Å². The van der Waals surface area contributed by atoms with Gasteiger partial charge in [-0.25, -0.2) is 0 Å². The van der Waals surface area contributed by atoms with Gasteiger partial charge in [-0.05, 0) is 30.5 Å². The normalized spacial score (nSPS) is 14.9. The van der Waals surface area contributed by atoms with E-state index in [-0.39, 0.29) is 5.78 Å². The third kappa shape index (κ3) is 3.64. The van der Waals surface area contributed by atoms with Crippen LogP contribution < -0.4 is 5.73 Å². The minimum absolute atomic E-state index is 0.183. The van der Waals surface area contributed by atoms with Crippen LogP contribution in [-0.4, -0.2) is 23.8 Å². The van der Waals surface area contributed by atoms with Gasteiger partial charge in [0.15, 0.2) is 5.78 Å². The van der Waals surface area contributed by atoms with Crippen LogP contribution in [0.15, 0.2) is 48.5 Å². The molecule has 0 unspecified atom stereocenters. The number of carbonyl (C=O) groups excluding carboxylic acids is 1. The lowest BCUT2D eigenvalue weighted by atomic mass is 9.92. The van der Waals surface area contributed by atoms with Gasteiger partial charge in [-0.1, -0.05) is 80.6 Å². The van der Waals surface area contributed by atoms with Crippen molar-refractivity contribution in [3.63, 3.8) is 0 Å². The number of rotatable bonds is 9. The Kier molecular flexibility index (Phi) is 5.92. The van der Waals surface area contributed by atoms with E-state index in [0.717, 1.165) is 54.0 Å². The quantitative estimate of drug-likeness (QED) is 0.609. The van der Waals surface area contributed by atoms with Crippen molar-refractivity contribution in [3.05, 3.63) is 70.8 Å². The van der Waals surface area contributed by atoms with E-state index in [0.29, 0.717) is 0 Å². The second-order valence-corrected chi connectivity index (χ2v) is 7.94. The summed E-state index contributed by atoms with van der Waals surface area (Å²) < 4.78 is 0. The number of nitrogens with zero attached hydrogens (tertiary/aromatic N) is 1. The zero-order valence-corrected chi connectivity index (χ0v) is 16.6. The molecule has 0 radical (unpaired) electrons. The van der Waals surface area contributed by atoms with Gasteiger partial charge in [-0.2, -0.15) is 0 Å². The maximum absolute atomic E-state index is 13.1. The highest BCUT2D eigenvalue weighted by molar-refractivity contribution is 6.40. The van der Waals surface area contributed by atoms with Gasteiger partial charge in [0, 0.05) is 24.2 Å². The molecule has 0 amide bonds. The summed E-state index contributed by atoms with van der Waals surface area (Å²) in [5.74, 6) is 0.183. The van der Waals surface area contributed by atoms with Gasteiger partial charge >= 0.3 is 0 Å². The number of hydrogen-bond donors (Lipinski definition) is 1. The van der Waals surface area contributed by atoms with Crippen molar-refractivity contribution in [2.75, 3.05) is 13.1 Å². The zero-order chi connectivity index (χ0) is 19.3. The van der Waals surface area contributed by atoms with Crippen LogP contribution in [0.4, 0.5) is 0 Å². The van der Waals surface area contributed by atoms with Gasteiger partial charge in [-0.3, -0.25) is 4.79 Å². The summed E-state index contributed by atoms with van der Waals surface area (Å²) in [6.45, 7) is 2.72. The van der Waals surface area contributed by atoms with Gasteiger partial charge in [-0.15, -0.1) is 0 Å². The molecule has 1 heterocycles. The van der Waals surface area contributed by atoms with Crippen molar-refractivity contribution in [2.24, 2.45) is 5.73 Å². The molecule has 28 heavy (non-hydrogen) atoms. The van der Waals surface area contributed by atoms with Crippen LogP contribution in [0.3, 0.4) is 0 Å². The molecule has 146 valence electrons. The standard InChI is InChI=1S/C25H30N2O/c26-16-10-4-2-1-3-5-11-17-27-18-19-12-6-7-13-20(19)23-24(27)21-14-8-9-15-22(21)25(23)28/h6-9,12-15H,1-5,10-11,16-18,26H2. The molecule has 2 aromatic carbocycles. The minimum Gasteiger partial charge on any atom is -0.366 e. The van der Waals surface area contributed by atoms with E-state index in [1.165, 1.54) is 44.1 Å². The first-order valence-electron chi connectivity index (χ1n) is 10.7. The molecule has 0 saturated heterocycles. The SMILES string of the molecule is NCCCCCCCCCN1Cc2ccccc2C2=C1c1ccccc1C2=O. The number of allylic oxidation sites excluding steroid dienone is 1. The van der Waals surface area contributed by atoms with Crippen molar-refractivity contribution < 1.29 is 4.79 Å². The van der Waals surface area contributed by atoms with Gasteiger partial charge in [0.1, 0.15) is 0 Å². The average molecular weight is 375 g/mol. The Hall–Kier alpha value is -2.39. The first-order valence-corrected chi connectivity index (χ1v) is 10.7. The maximum Gasteiger partial charge on any atom is 0.196 e. The lowest BCUT2D eigenvalue weighted by molar-refractivity contribution is 0.105. The Balaban J connectivity index is 1.47. The molecule has 1 aliphatic heterocycles. The molecular weight excluding hydrogens is 344 g/mol. The molecule has 0 spiro atoms. The Morgan fingerprint density at radius 1 is 0.750 bits per heavy atom. The number of nitrogens with two attached hydrogens (primary N) is 1. The van der Waals surface area contributed by atoms with Gasteiger partial charge in [0.2, 0.25) is 0 Å². The molecular formula is C25H30N2O. The van der Waals surface area contributed by atoms with Crippen LogP contribution >= 0.6 is 0 Å². The average Bonchev–Trinajstić information content (AvgIpc) is 3.03. The molecule has 0 bridgehead atoms. The molecule has 0 fully saturated rings. The number of ketones is 1. The molecule has 2 aliphatic rings. The van der Waals surface area contributed by atoms with E-state index >= 15 is 0 Å². The van der Waals surface area contributed by atoms with E-state index in [2.05, 4.69) is 29.2 Å². The van der Waals surface area contributed by atoms with Crippen LogP contribution in [0.2, 0.25) is 0 Å². The fraction of sp³-hybridized carbons (Fsp3) is 0.400. The summed E-state index contributed by atoms with van der Waals surface area (Å²) >= 11 is 0. The van der Waals surface area contributed by atoms with Crippen LogP contribution in [-0.2, 0) is 6.54 Å². The number of Topliss-reactive ketones (excluding diaryl/α,β-unsaturated/α-hetero) is 1. The molecule has 3 nitrogen and oxygen atoms in total. The second kappa shape index (κ2) is 8.74. The van der Waals surface area contributed by atoms with Crippen molar-refractivity contribution >= 4 is 17.1 Å². The van der Waals surface area contributed by atoms with E-state index in [4.69, 9.17) is 5.73 Å². The predicted octanol–water partition coefficient (Wildman–Crippen LogP) is 5.26. The highest BCUT2D eigenvalue weighted by Crippen LogP contribution is 2.44. The third-order valence-corrected chi connectivity index (χ3v) is 5.99. The van der Waals surface area contributed by atoms with Gasteiger partial charge < -0.3 is 10.6 Å². The largest absolute Gasteiger partial charge is 0.366 e. The van der Waals surface area contributed by atoms with Crippen molar-refractivity contribution in [1.82, 2.24) is 4.90 Å². The molecule has 0 atom stereocenters. The van der Waals surface area contributed by atoms with E-state index < -0.39 is 0 Å². The van der Waals surface area contributed by atoms with Crippen molar-refractivity contribution in [2.45, 2.75) is 51.5 Å². The maximum atomic E-state index is 13.1. The number of benzene rings is 2. The van der Waals surface area contributed by atoms with E-state index in [1.54, 1.807) is 0 Å². The van der Waals surface area contributed by atoms with E-state index in [9.17, 15) is 4.79 Å². The predicted molar refractivity (Wildman–Crippen MR) is 116 cm³/mol. The summed E-state index contributed by atoms with van der Waals surface area (Å²) in [7, 11) is 0. The Bertz CT molecular complexity index is 884. The molecule has 0 aromatic heterocycles. The summed E-state index contributed by atoms with van der Waals surface area (Å²) in [5.41, 5.74) is 12.0. The van der Waals surface area contributed by atoms with Crippen molar-refractivity contribution in [3.8, 4) is 0 Å². The smallest absolute Gasteiger partial charge is 0.196 e. The summed E-state index contributed by atoms with van der Waals surface area (Å²) in [5, 5.41) is 0. The topological polar surface area (TPSA) is 46.3 Å². The lowest BCUT2D eigenvalue weighted by Gasteiger charge is -2.32. The minimum atomic E-state index is 0.183. The third-order valence-electron chi connectivity index (χ3n) is 5.99. The summed E-state index contributed by atoms with van der Waals surface area (Å²) in [6, 6.07) is 16.5. The monoisotopic (exact) mass is 374 g/mol. The van der Waals surface area contributed by atoms with Crippen LogP contribution in [0.25, 0.3) is 11.3 Å². The molecule has 2 aromatic rings. The zero-order valence-electron chi connectivity index (χ0n) is 16.6. The number of hydrogen-bond acceptors (Lipinski definition) is 3. The summed E-state index contributed by atoms with van der Waals surface area (Å²) in [6.07, 6.45) is 8.72. The fourth-order valence-corrected chi connectivity index (χ4v) is 4.55. The first kappa shape index (κ1) is 18.9. The van der Waals surface area contributed by atoms with Gasteiger partial charge in [0.25, 0.3) is 0 Å². The Morgan fingerprint density at radius 3 is 2.11 bits per heavy atom. The molecule has 0 saturated carbocycles. The van der Waals surface area contributed by atoms with Gasteiger partial charge in [0.05, 0.1) is 11.3 Å². The Morgan fingerprint density at radius 2 is 1.36 bits per heavy atom. The molecule has 3 heteroatoms. The fourth-order valence-electron chi connectivity index (χ4n) is 4.55.